The number of benzene rings is 1. The fourth-order valence-corrected chi connectivity index (χ4v) is 4.35. The smallest absolute Gasteiger partial charge is 0.224 e. The van der Waals surface area contributed by atoms with Crippen LogP contribution in [0.3, 0.4) is 0 Å². The van der Waals surface area contributed by atoms with Crippen LogP contribution in [0.1, 0.15) is 32.1 Å². The van der Waals surface area contributed by atoms with Gasteiger partial charge in [-0.15, -0.1) is 0 Å². The second kappa shape index (κ2) is 6.00. The van der Waals surface area contributed by atoms with Crippen molar-refractivity contribution >= 4 is 23.2 Å². The molecule has 4 nitrogen and oxygen atoms in total. The summed E-state index contributed by atoms with van der Waals surface area (Å²) >= 11 is 5.88. The largest absolute Gasteiger partial charge is 0.326 e. The van der Waals surface area contributed by atoms with E-state index in [0.29, 0.717) is 17.4 Å². The number of halogens is 1. The zero-order chi connectivity index (χ0) is 15.8. The number of hydrogen-bond acceptors (Lipinski definition) is 2. The molecule has 5 heteroatoms. The standard InChI is InChI=1S/C18H20ClN3O/c19-15-10-20-22(11-15)17-5-3-16(4-6-17)21-18(23)9-14-8-12-1-2-13(14)7-12/h3-6,10-14H,1-2,7-9H2,(H,21,23)/t12-,13-,14+/m1/s1. The predicted molar refractivity (Wildman–Crippen MR) is 90.8 cm³/mol. The highest BCUT2D eigenvalue weighted by Gasteiger charge is 2.40. The van der Waals surface area contributed by atoms with E-state index >= 15 is 0 Å². The van der Waals surface area contributed by atoms with Gasteiger partial charge in [-0.1, -0.05) is 18.0 Å². The van der Waals surface area contributed by atoms with Gasteiger partial charge in [0.05, 0.1) is 16.9 Å². The lowest BCUT2D eigenvalue weighted by molar-refractivity contribution is -0.117. The third-order valence-electron chi connectivity index (χ3n) is 5.30. The van der Waals surface area contributed by atoms with Gasteiger partial charge in [-0.3, -0.25) is 4.79 Å². The number of hydrogen-bond donors (Lipinski definition) is 1. The molecule has 1 heterocycles. The summed E-state index contributed by atoms with van der Waals surface area (Å²) in [6, 6.07) is 7.67. The second-order valence-electron chi connectivity index (χ2n) is 6.84. The zero-order valence-electron chi connectivity index (χ0n) is 12.9. The molecule has 2 aliphatic rings. The SMILES string of the molecule is O=C(C[C@@H]1C[C@@H]2CC[C@@H]1C2)Nc1ccc(-n2cc(Cl)cn2)cc1. The average Bonchev–Trinajstić information content (AvgIpc) is 3.25. The van der Waals surface area contributed by atoms with Crippen molar-refractivity contribution in [1.29, 1.82) is 0 Å². The van der Waals surface area contributed by atoms with Crippen LogP contribution in [-0.4, -0.2) is 15.7 Å². The maximum Gasteiger partial charge on any atom is 0.224 e. The molecule has 0 spiro atoms. The minimum atomic E-state index is 0.137. The molecule has 0 saturated heterocycles. The molecule has 23 heavy (non-hydrogen) atoms. The maximum absolute atomic E-state index is 12.3. The number of carbonyl (C=O) groups is 1. The van der Waals surface area contributed by atoms with Gasteiger partial charge >= 0.3 is 0 Å². The third kappa shape index (κ3) is 3.13. The van der Waals surface area contributed by atoms with Crippen molar-refractivity contribution < 1.29 is 4.79 Å². The van der Waals surface area contributed by atoms with Crippen LogP contribution >= 0.6 is 11.6 Å². The molecular weight excluding hydrogens is 310 g/mol. The van der Waals surface area contributed by atoms with E-state index in [0.717, 1.165) is 23.2 Å². The van der Waals surface area contributed by atoms with Crippen LogP contribution in [0.4, 0.5) is 5.69 Å². The highest BCUT2D eigenvalue weighted by molar-refractivity contribution is 6.30. The minimum Gasteiger partial charge on any atom is -0.326 e. The number of fused-ring (bicyclic) bond motifs is 2. The van der Waals surface area contributed by atoms with E-state index in [-0.39, 0.29) is 5.91 Å². The maximum atomic E-state index is 12.3. The van der Waals surface area contributed by atoms with Gasteiger partial charge in [0.15, 0.2) is 0 Å². The molecule has 2 saturated carbocycles. The molecule has 2 bridgehead atoms. The minimum absolute atomic E-state index is 0.137. The third-order valence-corrected chi connectivity index (χ3v) is 5.49. The van der Waals surface area contributed by atoms with Gasteiger partial charge in [0, 0.05) is 18.3 Å². The summed E-state index contributed by atoms with van der Waals surface area (Å²) in [7, 11) is 0. The van der Waals surface area contributed by atoms with Crippen LogP contribution in [-0.2, 0) is 4.79 Å². The summed E-state index contributed by atoms with van der Waals surface area (Å²) in [5.41, 5.74) is 1.75. The van der Waals surface area contributed by atoms with Gasteiger partial charge in [0.2, 0.25) is 5.91 Å². The summed E-state index contributed by atoms with van der Waals surface area (Å²) < 4.78 is 1.71. The van der Waals surface area contributed by atoms with E-state index < -0.39 is 0 Å². The Hall–Kier alpha value is -1.81. The first-order valence-electron chi connectivity index (χ1n) is 8.28. The Balaban J connectivity index is 1.36. The van der Waals surface area contributed by atoms with Crippen LogP contribution in [0.15, 0.2) is 36.7 Å². The molecular formula is C18H20ClN3O. The van der Waals surface area contributed by atoms with Crippen molar-refractivity contribution in [2.75, 3.05) is 5.32 Å². The first kappa shape index (κ1) is 14.8. The van der Waals surface area contributed by atoms with Crippen LogP contribution in [0.2, 0.25) is 5.02 Å². The number of anilines is 1. The molecule has 3 atom stereocenters. The average molecular weight is 330 g/mol. The number of amides is 1. The molecule has 0 aliphatic heterocycles. The van der Waals surface area contributed by atoms with Gasteiger partial charge in [-0.05, 0) is 61.3 Å². The Morgan fingerprint density at radius 2 is 2.09 bits per heavy atom. The van der Waals surface area contributed by atoms with Crippen LogP contribution in [0.25, 0.3) is 5.69 Å². The molecule has 1 amide bonds. The molecule has 0 radical (unpaired) electrons. The van der Waals surface area contributed by atoms with Crippen molar-refractivity contribution in [2.24, 2.45) is 17.8 Å². The Labute approximate surface area is 140 Å². The second-order valence-corrected chi connectivity index (χ2v) is 7.27. The number of nitrogens with one attached hydrogen (secondary N) is 1. The van der Waals surface area contributed by atoms with Crippen LogP contribution in [0.5, 0.6) is 0 Å². The van der Waals surface area contributed by atoms with Crippen LogP contribution in [0, 0.1) is 17.8 Å². The fourth-order valence-electron chi connectivity index (χ4n) is 4.22. The molecule has 1 aromatic heterocycles. The lowest BCUT2D eigenvalue weighted by Crippen LogP contribution is -2.20. The lowest BCUT2D eigenvalue weighted by Gasteiger charge is -2.20. The Kier molecular flexibility index (Phi) is 3.85. The summed E-state index contributed by atoms with van der Waals surface area (Å²) in [5.74, 6) is 2.41. The van der Waals surface area contributed by atoms with Gasteiger partial charge in [-0.25, -0.2) is 4.68 Å². The van der Waals surface area contributed by atoms with Crippen molar-refractivity contribution in [1.82, 2.24) is 9.78 Å². The van der Waals surface area contributed by atoms with Crippen molar-refractivity contribution in [3.8, 4) is 5.69 Å². The van der Waals surface area contributed by atoms with E-state index in [1.54, 1.807) is 17.1 Å². The van der Waals surface area contributed by atoms with Crippen molar-refractivity contribution in [3.05, 3.63) is 41.7 Å². The highest BCUT2D eigenvalue weighted by Crippen LogP contribution is 2.49. The molecule has 4 rings (SSSR count). The van der Waals surface area contributed by atoms with E-state index in [9.17, 15) is 4.79 Å². The Bertz CT molecular complexity index is 709. The fraction of sp³-hybridized carbons (Fsp3) is 0.444. The molecule has 120 valence electrons. The quantitative estimate of drug-likeness (QED) is 0.909. The number of nitrogens with zero attached hydrogens (tertiary/aromatic N) is 2. The number of rotatable bonds is 4. The summed E-state index contributed by atoms with van der Waals surface area (Å²) in [6.45, 7) is 0. The topological polar surface area (TPSA) is 46.9 Å². The molecule has 1 N–H and O–H groups in total. The summed E-state index contributed by atoms with van der Waals surface area (Å²) in [5, 5.41) is 7.79. The summed E-state index contributed by atoms with van der Waals surface area (Å²) in [6.07, 6.45) is 9.32. The monoisotopic (exact) mass is 329 g/mol. The lowest BCUT2D eigenvalue weighted by atomic mass is 9.86. The highest BCUT2D eigenvalue weighted by atomic mass is 35.5. The Morgan fingerprint density at radius 1 is 1.26 bits per heavy atom. The molecule has 2 fully saturated rings. The predicted octanol–water partition coefficient (Wildman–Crippen LogP) is 4.29. The van der Waals surface area contributed by atoms with Gasteiger partial charge in [0.1, 0.15) is 0 Å². The number of carbonyl (C=O) groups excluding carboxylic acids is 1. The van der Waals surface area contributed by atoms with Gasteiger partial charge in [-0.2, -0.15) is 5.10 Å². The normalized spacial score (nSPS) is 25.7. The first-order chi connectivity index (χ1) is 11.2. The molecule has 1 aromatic carbocycles. The van der Waals surface area contributed by atoms with Gasteiger partial charge < -0.3 is 5.32 Å². The molecule has 0 unspecified atom stereocenters. The van der Waals surface area contributed by atoms with Crippen molar-refractivity contribution in [2.45, 2.75) is 32.1 Å². The summed E-state index contributed by atoms with van der Waals surface area (Å²) in [4.78, 5) is 12.3. The van der Waals surface area contributed by atoms with E-state index in [2.05, 4.69) is 10.4 Å². The number of aromatic nitrogens is 2. The molecule has 2 aromatic rings. The van der Waals surface area contributed by atoms with E-state index in [1.165, 1.54) is 25.7 Å². The van der Waals surface area contributed by atoms with E-state index in [4.69, 9.17) is 11.6 Å². The van der Waals surface area contributed by atoms with Gasteiger partial charge in [0.25, 0.3) is 0 Å². The van der Waals surface area contributed by atoms with E-state index in [1.807, 2.05) is 24.3 Å². The molecule has 2 aliphatic carbocycles. The first-order valence-corrected chi connectivity index (χ1v) is 8.65. The zero-order valence-corrected chi connectivity index (χ0v) is 13.7. The van der Waals surface area contributed by atoms with Crippen LogP contribution < -0.4 is 5.32 Å². The Morgan fingerprint density at radius 3 is 2.70 bits per heavy atom. The van der Waals surface area contributed by atoms with Crippen molar-refractivity contribution in [3.63, 3.8) is 0 Å².